The molecular formula is C11H14N3O+. The number of nitroso groups, excluding NO2 is 1. The number of fused-ring (bicyclic) bond motifs is 3. The molecule has 78 valence electrons. The zero-order valence-electron chi connectivity index (χ0n) is 8.52. The monoisotopic (exact) mass is 204 g/mol. The summed E-state index contributed by atoms with van der Waals surface area (Å²) in [6.45, 7) is 1.65. The van der Waals surface area contributed by atoms with Gasteiger partial charge in [-0.2, -0.15) is 0 Å². The number of rotatable bonds is 0. The Morgan fingerprint density at radius 3 is 3.40 bits per heavy atom. The summed E-state index contributed by atoms with van der Waals surface area (Å²) in [6, 6.07) is 0.325. The van der Waals surface area contributed by atoms with Crippen molar-refractivity contribution in [2.45, 2.75) is 18.9 Å². The highest BCUT2D eigenvalue weighted by Gasteiger charge is 2.37. The van der Waals surface area contributed by atoms with Crippen molar-refractivity contribution in [2.24, 2.45) is 10.9 Å². The molecule has 0 aromatic carbocycles. The third-order valence-corrected chi connectivity index (χ3v) is 3.38. The van der Waals surface area contributed by atoms with Crippen LogP contribution in [0.5, 0.6) is 0 Å². The quantitative estimate of drug-likeness (QED) is 0.598. The molecule has 2 atom stereocenters. The Labute approximate surface area is 88.3 Å². The lowest BCUT2D eigenvalue weighted by molar-refractivity contribution is -0.487. The van der Waals surface area contributed by atoms with Crippen molar-refractivity contribution < 1.29 is 4.76 Å². The summed E-state index contributed by atoms with van der Waals surface area (Å²) in [5, 5.41) is 3.50. The number of nitrogens with zero attached hydrogens (tertiary/aromatic N) is 2. The van der Waals surface area contributed by atoms with Crippen molar-refractivity contribution in [3.8, 4) is 0 Å². The average molecular weight is 204 g/mol. The molecule has 0 spiro atoms. The topological polar surface area (TPSA) is 44.5 Å². The van der Waals surface area contributed by atoms with E-state index in [9.17, 15) is 4.91 Å². The maximum absolute atomic E-state index is 11.6. The molecule has 15 heavy (non-hydrogen) atoms. The SMILES string of the molecule is O=[N+]1C=C2C=NC=C2[C@@H]2NCCC[C@H]2C1. The van der Waals surface area contributed by atoms with Crippen LogP contribution in [-0.2, 0) is 0 Å². The Bertz CT molecular complexity index is 395. The number of aliphatic imine (C=N–C) groups is 1. The van der Waals surface area contributed by atoms with E-state index < -0.39 is 0 Å². The summed E-state index contributed by atoms with van der Waals surface area (Å²) in [7, 11) is 0. The van der Waals surface area contributed by atoms with Crippen LogP contribution >= 0.6 is 0 Å². The van der Waals surface area contributed by atoms with Gasteiger partial charge in [0.05, 0.1) is 5.57 Å². The number of hydrogen-bond donors (Lipinski definition) is 1. The molecule has 0 unspecified atom stereocenters. The molecule has 3 heterocycles. The molecule has 1 fully saturated rings. The third kappa shape index (κ3) is 1.45. The van der Waals surface area contributed by atoms with Gasteiger partial charge in [-0.05, 0) is 19.4 Å². The van der Waals surface area contributed by atoms with Crippen LogP contribution in [0.3, 0.4) is 0 Å². The molecule has 3 rings (SSSR count). The van der Waals surface area contributed by atoms with Gasteiger partial charge in [-0.1, -0.05) is 0 Å². The van der Waals surface area contributed by atoms with Gasteiger partial charge in [0.1, 0.15) is 0 Å². The Kier molecular flexibility index (Phi) is 2.02. The summed E-state index contributed by atoms with van der Waals surface area (Å²) < 4.78 is 1.05. The van der Waals surface area contributed by atoms with Gasteiger partial charge in [0.2, 0.25) is 12.7 Å². The predicted octanol–water partition coefficient (Wildman–Crippen LogP) is 0.999. The van der Waals surface area contributed by atoms with E-state index in [0.29, 0.717) is 18.5 Å². The highest BCUT2D eigenvalue weighted by atomic mass is 16.3. The fourth-order valence-electron chi connectivity index (χ4n) is 2.67. The predicted molar refractivity (Wildman–Crippen MR) is 57.7 cm³/mol. The van der Waals surface area contributed by atoms with E-state index in [2.05, 4.69) is 10.3 Å². The van der Waals surface area contributed by atoms with E-state index in [1.165, 1.54) is 12.0 Å². The van der Waals surface area contributed by atoms with Gasteiger partial charge in [0.15, 0.2) is 0 Å². The van der Waals surface area contributed by atoms with E-state index in [0.717, 1.165) is 23.3 Å². The summed E-state index contributed by atoms with van der Waals surface area (Å²) in [5.41, 5.74) is 2.17. The third-order valence-electron chi connectivity index (χ3n) is 3.38. The van der Waals surface area contributed by atoms with Crippen LogP contribution in [0.1, 0.15) is 12.8 Å². The normalized spacial score (nSPS) is 34.0. The van der Waals surface area contributed by atoms with E-state index in [4.69, 9.17) is 0 Å². The van der Waals surface area contributed by atoms with Crippen LogP contribution < -0.4 is 5.32 Å². The molecule has 0 aliphatic carbocycles. The van der Waals surface area contributed by atoms with Gasteiger partial charge in [-0.25, -0.2) is 0 Å². The van der Waals surface area contributed by atoms with Gasteiger partial charge in [0.25, 0.3) is 0 Å². The van der Waals surface area contributed by atoms with Gasteiger partial charge >= 0.3 is 0 Å². The molecule has 0 amide bonds. The van der Waals surface area contributed by atoms with Crippen molar-refractivity contribution in [2.75, 3.05) is 13.1 Å². The highest BCUT2D eigenvalue weighted by molar-refractivity contribution is 5.88. The van der Waals surface area contributed by atoms with Crippen molar-refractivity contribution in [1.82, 2.24) is 5.32 Å². The zero-order valence-corrected chi connectivity index (χ0v) is 8.52. The van der Waals surface area contributed by atoms with Crippen molar-refractivity contribution >= 4 is 6.21 Å². The lowest BCUT2D eigenvalue weighted by Crippen LogP contribution is -2.44. The van der Waals surface area contributed by atoms with Crippen molar-refractivity contribution in [1.29, 1.82) is 0 Å². The van der Waals surface area contributed by atoms with E-state index in [1.54, 1.807) is 12.4 Å². The average Bonchev–Trinajstić information content (AvgIpc) is 2.62. The first-order valence-corrected chi connectivity index (χ1v) is 5.47. The molecule has 4 heteroatoms. The lowest BCUT2D eigenvalue weighted by atomic mass is 9.85. The summed E-state index contributed by atoms with van der Waals surface area (Å²) >= 11 is 0. The Morgan fingerprint density at radius 2 is 2.47 bits per heavy atom. The van der Waals surface area contributed by atoms with Gasteiger partial charge in [0, 0.05) is 39.6 Å². The Balaban J connectivity index is 1.99. The number of hydrogen-bond acceptors (Lipinski definition) is 3. The summed E-state index contributed by atoms with van der Waals surface area (Å²) in [4.78, 5) is 15.7. The molecule has 1 saturated heterocycles. The number of nitrogens with one attached hydrogen (secondary N) is 1. The van der Waals surface area contributed by atoms with E-state index in [1.807, 2.05) is 6.20 Å². The minimum absolute atomic E-state index is 0.325. The van der Waals surface area contributed by atoms with Crippen LogP contribution in [0, 0.1) is 10.8 Å². The van der Waals surface area contributed by atoms with Gasteiger partial charge in [-0.15, -0.1) is 0 Å². The van der Waals surface area contributed by atoms with Gasteiger partial charge in [-0.3, -0.25) is 4.99 Å². The molecule has 3 aliphatic heterocycles. The molecule has 0 aromatic rings. The maximum atomic E-state index is 11.6. The molecule has 0 bridgehead atoms. The molecule has 0 radical (unpaired) electrons. The second-order valence-corrected chi connectivity index (χ2v) is 4.38. The minimum Gasteiger partial charge on any atom is -0.309 e. The first kappa shape index (κ1) is 8.97. The highest BCUT2D eigenvalue weighted by Crippen LogP contribution is 2.30. The molecule has 0 aromatic heterocycles. The van der Waals surface area contributed by atoms with E-state index >= 15 is 0 Å². The minimum atomic E-state index is 0.325. The molecule has 3 aliphatic rings. The molecule has 4 nitrogen and oxygen atoms in total. The Hall–Kier alpha value is -1.29. The molecule has 0 saturated carbocycles. The second kappa shape index (κ2) is 3.38. The van der Waals surface area contributed by atoms with E-state index in [-0.39, 0.29) is 0 Å². The van der Waals surface area contributed by atoms with Crippen LogP contribution in [0.4, 0.5) is 0 Å². The standard InChI is InChI=1S/C11H14N3O/c15-14-6-8-2-1-3-13-11(8)10-5-12-4-9(10)7-14/h4-5,7-8,11,13H,1-3,6H2/q+1/t8-,11+/m0/s1. The summed E-state index contributed by atoms with van der Waals surface area (Å²) in [6.07, 6.45) is 7.63. The number of piperidine rings is 1. The second-order valence-electron chi connectivity index (χ2n) is 4.38. The van der Waals surface area contributed by atoms with Gasteiger partial charge < -0.3 is 5.32 Å². The maximum Gasteiger partial charge on any atom is 0.230 e. The first-order valence-electron chi connectivity index (χ1n) is 5.47. The molecule has 1 N–H and O–H groups in total. The Morgan fingerprint density at radius 1 is 1.53 bits per heavy atom. The van der Waals surface area contributed by atoms with Crippen LogP contribution in [0.2, 0.25) is 0 Å². The fraction of sp³-hybridized carbons (Fsp3) is 0.545. The van der Waals surface area contributed by atoms with Crippen LogP contribution in [0.15, 0.2) is 28.5 Å². The smallest absolute Gasteiger partial charge is 0.230 e. The summed E-state index contributed by atoms with van der Waals surface area (Å²) in [5.74, 6) is 0.429. The van der Waals surface area contributed by atoms with Crippen LogP contribution in [0.25, 0.3) is 0 Å². The fourth-order valence-corrected chi connectivity index (χ4v) is 2.67. The van der Waals surface area contributed by atoms with Crippen molar-refractivity contribution in [3.63, 3.8) is 0 Å². The van der Waals surface area contributed by atoms with Crippen LogP contribution in [-0.4, -0.2) is 30.1 Å². The molecular weight excluding hydrogens is 190 g/mol. The lowest BCUT2D eigenvalue weighted by Gasteiger charge is -2.29. The largest absolute Gasteiger partial charge is 0.309 e. The zero-order chi connectivity index (χ0) is 10.3. The first-order chi connectivity index (χ1) is 7.34. The van der Waals surface area contributed by atoms with Crippen molar-refractivity contribution in [3.05, 3.63) is 28.5 Å².